The van der Waals surface area contributed by atoms with Gasteiger partial charge in [0.1, 0.15) is 12.3 Å². The van der Waals surface area contributed by atoms with E-state index in [-0.39, 0.29) is 54.0 Å². The first kappa shape index (κ1) is 25.4. The van der Waals surface area contributed by atoms with Crippen molar-refractivity contribution in [1.82, 2.24) is 15.5 Å². The van der Waals surface area contributed by atoms with Crippen LogP contribution in [0.2, 0.25) is 0 Å². The summed E-state index contributed by atoms with van der Waals surface area (Å²) in [7, 11) is 0. The molecule has 0 radical (unpaired) electrons. The maximum Gasteiger partial charge on any atom is 0.255 e. The van der Waals surface area contributed by atoms with Gasteiger partial charge in [0.05, 0.1) is 23.9 Å². The maximum absolute atomic E-state index is 14.0. The summed E-state index contributed by atoms with van der Waals surface area (Å²) in [5.41, 5.74) is 1.34. The topological polar surface area (TPSA) is 91.7 Å². The van der Waals surface area contributed by atoms with E-state index in [0.29, 0.717) is 23.5 Å². The molecule has 4 aliphatic rings. The van der Waals surface area contributed by atoms with Crippen molar-refractivity contribution in [3.8, 4) is 0 Å². The van der Waals surface area contributed by atoms with Gasteiger partial charge in [0.2, 0.25) is 5.91 Å². The Labute approximate surface area is 229 Å². The zero-order valence-electron chi connectivity index (χ0n) is 22.1. The standard InChI is InChI=1S/C32H35N3O4/c36-29(34-32-16-23-13-24(17-32)15-25(14-23)18-32)21-35(20-22-7-2-1-3-8-22)31(38)28-11-5-4-10-27(28)30(37)33-19-26-9-6-12-39-26/h1-12,23-25H,13-21H2,(H,33,37)(H,34,36). The Bertz CT molecular complexity index is 1300. The van der Waals surface area contributed by atoms with Gasteiger partial charge in [-0.15, -0.1) is 0 Å². The highest BCUT2D eigenvalue weighted by atomic mass is 16.3. The molecular formula is C32H35N3O4. The summed E-state index contributed by atoms with van der Waals surface area (Å²) in [6, 6.07) is 20.0. The van der Waals surface area contributed by atoms with Crippen LogP contribution in [0.1, 0.15) is 70.6 Å². The zero-order chi connectivity index (χ0) is 26.8. The van der Waals surface area contributed by atoms with Crippen LogP contribution < -0.4 is 10.6 Å². The van der Waals surface area contributed by atoms with E-state index in [9.17, 15) is 14.4 Å². The monoisotopic (exact) mass is 525 g/mol. The molecule has 2 aromatic carbocycles. The molecule has 3 amide bonds. The van der Waals surface area contributed by atoms with Crippen molar-refractivity contribution in [3.63, 3.8) is 0 Å². The Morgan fingerprint density at radius 1 is 0.821 bits per heavy atom. The molecule has 0 unspecified atom stereocenters. The number of hydrogen-bond acceptors (Lipinski definition) is 4. The largest absolute Gasteiger partial charge is 0.467 e. The summed E-state index contributed by atoms with van der Waals surface area (Å²) >= 11 is 0. The first-order valence-electron chi connectivity index (χ1n) is 14.0. The Morgan fingerprint density at radius 3 is 2.10 bits per heavy atom. The third kappa shape index (κ3) is 5.63. The van der Waals surface area contributed by atoms with Crippen LogP contribution in [-0.2, 0) is 17.9 Å². The normalized spacial score (nSPS) is 24.8. The molecular weight excluding hydrogens is 490 g/mol. The number of benzene rings is 2. The van der Waals surface area contributed by atoms with Gasteiger partial charge < -0.3 is 20.0 Å². The summed E-state index contributed by atoms with van der Waals surface area (Å²) in [5, 5.41) is 6.23. The molecule has 2 N–H and O–H groups in total. The average molecular weight is 526 g/mol. The van der Waals surface area contributed by atoms with Gasteiger partial charge in [-0.2, -0.15) is 0 Å². The fraction of sp³-hybridized carbons (Fsp3) is 0.406. The van der Waals surface area contributed by atoms with Crippen LogP contribution >= 0.6 is 0 Å². The first-order chi connectivity index (χ1) is 19.0. The SMILES string of the molecule is O=C(CN(Cc1ccccc1)C(=O)c1ccccc1C(=O)NCc1ccco1)NC12CC3CC(CC(C3)C1)C2. The number of hydrogen-bond donors (Lipinski definition) is 2. The van der Waals surface area contributed by atoms with Crippen LogP contribution in [0, 0.1) is 17.8 Å². The van der Waals surface area contributed by atoms with Gasteiger partial charge in [0.25, 0.3) is 11.8 Å². The summed E-state index contributed by atoms with van der Waals surface area (Å²) in [6.45, 7) is 0.434. The van der Waals surface area contributed by atoms with E-state index in [1.54, 1.807) is 47.6 Å². The van der Waals surface area contributed by atoms with Gasteiger partial charge in [-0.1, -0.05) is 42.5 Å². The lowest BCUT2D eigenvalue weighted by molar-refractivity contribution is -0.127. The van der Waals surface area contributed by atoms with Crippen LogP contribution in [0.3, 0.4) is 0 Å². The molecule has 4 aliphatic carbocycles. The van der Waals surface area contributed by atoms with Crippen molar-refractivity contribution in [2.24, 2.45) is 17.8 Å². The highest BCUT2D eigenvalue weighted by Gasteiger charge is 2.51. The molecule has 4 bridgehead atoms. The third-order valence-corrected chi connectivity index (χ3v) is 8.69. The van der Waals surface area contributed by atoms with Crippen LogP contribution in [0.4, 0.5) is 0 Å². The van der Waals surface area contributed by atoms with Crippen molar-refractivity contribution in [3.05, 3.63) is 95.4 Å². The van der Waals surface area contributed by atoms with Gasteiger partial charge in [0.15, 0.2) is 0 Å². The minimum atomic E-state index is -0.368. The lowest BCUT2D eigenvalue weighted by atomic mass is 9.53. The molecule has 0 atom stereocenters. The van der Waals surface area contributed by atoms with Gasteiger partial charge in [-0.3, -0.25) is 14.4 Å². The first-order valence-corrected chi connectivity index (χ1v) is 14.0. The molecule has 1 aromatic heterocycles. The second-order valence-electron chi connectivity index (χ2n) is 11.7. The Hall–Kier alpha value is -3.87. The van der Waals surface area contributed by atoms with Crippen molar-refractivity contribution < 1.29 is 18.8 Å². The number of carbonyl (C=O) groups excluding carboxylic acids is 3. The average Bonchev–Trinajstić information content (AvgIpc) is 3.44. The molecule has 3 aromatic rings. The number of carbonyl (C=O) groups is 3. The summed E-state index contributed by atoms with van der Waals surface area (Å²) in [6.07, 6.45) is 8.60. The number of nitrogens with one attached hydrogen (secondary N) is 2. The summed E-state index contributed by atoms with van der Waals surface area (Å²) in [5.74, 6) is 1.93. The van der Waals surface area contributed by atoms with Gasteiger partial charge in [-0.05, 0) is 86.1 Å². The molecule has 0 spiro atoms. The lowest BCUT2D eigenvalue weighted by Gasteiger charge is -2.57. The molecule has 1 heterocycles. The molecule has 7 nitrogen and oxygen atoms in total. The van der Waals surface area contributed by atoms with Crippen LogP contribution in [0.25, 0.3) is 0 Å². The molecule has 39 heavy (non-hydrogen) atoms. The van der Waals surface area contributed by atoms with Crippen molar-refractivity contribution in [2.75, 3.05) is 6.54 Å². The highest BCUT2D eigenvalue weighted by molar-refractivity contribution is 6.07. The van der Waals surface area contributed by atoms with Crippen LogP contribution in [0.15, 0.2) is 77.4 Å². The predicted octanol–water partition coefficient (Wildman–Crippen LogP) is 4.94. The Morgan fingerprint density at radius 2 is 1.46 bits per heavy atom. The van der Waals surface area contributed by atoms with Crippen molar-refractivity contribution in [2.45, 2.75) is 57.2 Å². The summed E-state index contributed by atoms with van der Waals surface area (Å²) in [4.78, 5) is 42.1. The van der Waals surface area contributed by atoms with E-state index in [1.807, 2.05) is 30.3 Å². The lowest BCUT2D eigenvalue weighted by Crippen LogP contribution is -2.61. The van der Waals surface area contributed by atoms with Crippen molar-refractivity contribution in [1.29, 1.82) is 0 Å². The van der Waals surface area contributed by atoms with Gasteiger partial charge >= 0.3 is 0 Å². The van der Waals surface area contributed by atoms with Gasteiger partial charge in [-0.25, -0.2) is 0 Å². The minimum absolute atomic E-state index is 0.0577. The van der Waals surface area contributed by atoms with E-state index in [4.69, 9.17) is 4.42 Å². The molecule has 7 heteroatoms. The zero-order valence-corrected chi connectivity index (χ0v) is 22.1. The van der Waals surface area contributed by atoms with Gasteiger partial charge in [0, 0.05) is 12.1 Å². The summed E-state index contributed by atoms with van der Waals surface area (Å²) < 4.78 is 5.31. The molecule has 4 fully saturated rings. The van der Waals surface area contributed by atoms with E-state index in [0.717, 1.165) is 24.8 Å². The smallest absolute Gasteiger partial charge is 0.255 e. The van der Waals surface area contributed by atoms with E-state index < -0.39 is 0 Å². The molecule has 0 aliphatic heterocycles. The number of rotatable bonds is 9. The van der Waals surface area contributed by atoms with E-state index >= 15 is 0 Å². The predicted molar refractivity (Wildman–Crippen MR) is 147 cm³/mol. The number of amides is 3. The van der Waals surface area contributed by atoms with E-state index in [2.05, 4.69) is 10.6 Å². The minimum Gasteiger partial charge on any atom is -0.467 e. The maximum atomic E-state index is 14.0. The van der Waals surface area contributed by atoms with Crippen LogP contribution in [0.5, 0.6) is 0 Å². The fourth-order valence-corrected chi connectivity index (χ4v) is 7.49. The molecule has 4 saturated carbocycles. The fourth-order valence-electron chi connectivity index (χ4n) is 7.49. The molecule has 202 valence electrons. The van der Waals surface area contributed by atoms with Crippen molar-refractivity contribution >= 4 is 17.7 Å². The number of furan rings is 1. The molecule has 7 rings (SSSR count). The Kier molecular flexibility index (Phi) is 6.98. The molecule has 0 saturated heterocycles. The highest BCUT2D eigenvalue weighted by Crippen LogP contribution is 2.55. The second kappa shape index (κ2) is 10.7. The third-order valence-electron chi connectivity index (χ3n) is 8.69. The quantitative estimate of drug-likeness (QED) is 0.414. The van der Waals surface area contributed by atoms with E-state index in [1.165, 1.54) is 19.3 Å². The second-order valence-corrected chi connectivity index (χ2v) is 11.7. The Balaban J connectivity index is 1.21. The number of nitrogens with zero attached hydrogens (tertiary/aromatic N) is 1. The van der Waals surface area contributed by atoms with Crippen LogP contribution in [-0.4, -0.2) is 34.7 Å².